The summed E-state index contributed by atoms with van der Waals surface area (Å²) in [7, 11) is 1.47. The molecule has 0 heterocycles. The number of halogens is 2. The average molecular weight is 540 g/mol. The number of anilines is 1. The second kappa shape index (κ2) is 10.6. The first kappa shape index (κ1) is 23.2. The lowest BCUT2D eigenvalue weighted by Crippen LogP contribution is -2.14. The largest absolute Gasteiger partial charge is 0.493 e. The van der Waals surface area contributed by atoms with Crippen molar-refractivity contribution in [3.05, 3.63) is 72.8 Å². The molecule has 8 nitrogen and oxygen atoms in total. The van der Waals surface area contributed by atoms with E-state index in [4.69, 9.17) is 21.1 Å². The number of nitrogens with zero attached hydrogens (tertiary/aromatic N) is 2. The van der Waals surface area contributed by atoms with E-state index in [1.54, 1.807) is 18.2 Å². The Morgan fingerprint density at radius 3 is 2.77 bits per heavy atom. The summed E-state index contributed by atoms with van der Waals surface area (Å²) in [5.41, 5.74) is 0.0816. The predicted octanol–water partition coefficient (Wildman–Crippen LogP) is 4.97. The summed E-state index contributed by atoms with van der Waals surface area (Å²) in [6, 6.07) is 8.77. The molecule has 1 amide bonds. The fourth-order valence-corrected chi connectivity index (χ4v) is 3.28. The van der Waals surface area contributed by atoms with Crippen LogP contribution >= 0.6 is 34.2 Å². The monoisotopic (exact) mass is 539 g/mol. The molecule has 2 rings (SSSR count). The molecule has 0 saturated heterocycles. The fraction of sp³-hybridized carbons (Fsp3) is 0.100. The minimum atomic E-state index is -0.763. The highest BCUT2D eigenvalue weighted by atomic mass is 127. The van der Waals surface area contributed by atoms with Crippen molar-refractivity contribution >= 4 is 57.5 Å². The van der Waals surface area contributed by atoms with Gasteiger partial charge in [0.05, 0.1) is 26.3 Å². The Morgan fingerprint density at radius 2 is 2.17 bits per heavy atom. The number of ether oxygens (including phenoxy) is 2. The molecule has 0 unspecified atom stereocenters. The number of hydrogen-bond donors (Lipinski definition) is 1. The number of hydrogen-bond acceptors (Lipinski definition) is 6. The highest BCUT2D eigenvalue weighted by molar-refractivity contribution is 14.1. The maximum atomic E-state index is 12.5. The Bertz CT molecular complexity index is 1080. The smallest absolute Gasteiger partial charge is 0.271 e. The van der Waals surface area contributed by atoms with Crippen LogP contribution in [0.5, 0.6) is 11.5 Å². The van der Waals surface area contributed by atoms with Crippen molar-refractivity contribution in [2.45, 2.75) is 0 Å². The predicted molar refractivity (Wildman–Crippen MR) is 122 cm³/mol. The van der Waals surface area contributed by atoms with Crippen LogP contribution in [0.2, 0.25) is 5.02 Å². The second-order valence-corrected chi connectivity index (χ2v) is 7.25. The van der Waals surface area contributed by atoms with Gasteiger partial charge in [-0.1, -0.05) is 24.3 Å². The summed E-state index contributed by atoms with van der Waals surface area (Å²) >= 11 is 8.04. The van der Waals surface area contributed by atoms with Gasteiger partial charge in [-0.05, 0) is 52.4 Å². The maximum absolute atomic E-state index is 12.5. The van der Waals surface area contributed by atoms with Gasteiger partial charge in [-0.3, -0.25) is 14.9 Å². The standard InChI is InChI=1S/C20H15ClIN3O5/c1-3-6-30-19-16(22)8-12(9-18(19)29-2)7-13(11-23)20(26)24-17-10-14(25(27)28)4-5-15(17)21/h3-5,7-10H,1,6H2,2H3,(H,24,26)/b13-7+. The van der Waals surface area contributed by atoms with Gasteiger partial charge >= 0.3 is 0 Å². The zero-order valence-corrected chi connectivity index (χ0v) is 18.6. The highest BCUT2D eigenvalue weighted by Gasteiger charge is 2.16. The number of benzene rings is 2. The highest BCUT2D eigenvalue weighted by Crippen LogP contribution is 2.35. The summed E-state index contributed by atoms with van der Waals surface area (Å²) in [5.74, 6) is 0.178. The van der Waals surface area contributed by atoms with Gasteiger partial charge < -0.3 is 14.8 Å². The average Bonchev–Trinajstić information content (AvgIpc) is 2.72. The van der Waals surface area contributed by atoms with Gasteiger partial charge in [0, 0.05) is 12.1 Å². The molecule has 0 aromatic heterocycles. The van der Waals surface area contributed by atoms with Crippen molar-refractivity contribution in [2.24, 2.45) is 0 Å². The van der Waals surface area contributed by atoms with Gasteiger partial charge in [0.15, 0.2) is 11.5 Å². The molecule has 0 bridgehead atoms. The van der Waals surface area contributed by atoms with Gasteiger partial charge in [-0.2, -0.15) is 5.26 Å². The topological polar surface area (TPSA) is 114 Å². The molecule has 0 atom stereocenters. The third kappa shape index (κ3) is 5.71. The molecule has 2 aromatic carbocycles. The summed E-state index contributed by atoms with van der Waals surface area (Å²) in [4.78, 5) is 22.8. The van der Waals surface area contributed by atoms with E-state index in [2.05, 4.69) is 34.5 Å². The Morgan fingerprint density at radius 1 is 1.43 bits per heavy atom. The summed E-state index contributed by atoms with van der Waals surface area (Å²) < 4.78 is 11.6. The number of carbonyl (C=O) groups is 1. The molecule has 0 spiro atoms. The zero-order chi connectivity index (χ0) is 22.3. The van der Waals surface area contributed by atoms with Crippen LogP contribution in [-0.4, -0.2) is 24.5 Å². The zero-order valence-electron chi connectivity index (χ0n) is 15.6. The summed E-state index contributed by atoms with van der Waals surface area (Å²) in [5, 5.41) is 22.9. The van der Waals surface area contributed by atoms with Crippen molar-refractivity contribution < 1.29 is 19.2 Å². The van der Waals surface area contributed by atoms with Crippen LogP contribution in [0.3, 0.4) is 0 Å². The van der Waals surface area contributed by atoms with Crippen LogP contribution in [0.15, 0.2) is 48.6 Å². The van der Waals surface area contributed by atoms with E-state index in [0.29, 0.717) is 20.6 Å². The molecule has 2 aromatic rings. The van der Waals surface area contributed by atoms with Crippen LogP contribution in [0.1, 0.15) is 5.56 Å². The molecule has 30 heavy (non-hydrogen) atoms. The molecule has 1 N–H and O–H groups in total. The lowest BCUT2D eigenvalue weighted by Gasteiger charge is -2.12. The van der Waals surface area contributed by atoms with Crippen LogP contribution in [0, 0.1) is 25.0 Å². The van der Waals surface area contributed by atoms with Gasteiger partial charge in [-0.15, -0.1) is 0 Å². The molecule has 10 heteroatoms. The first-order valence-corrected chi connectivity index (χ1v) is 9.74. The molecule has 0 aliphatic carbocycles. The van der Waals surface area contributed by atoms with E-state index in [9.17, 15) is 20.2 Å². The van der Waals surface area contributed by atoms with Crippen molar-refractivity contribution in [3.8, 4) is 17.6 Å². The molecular formula is C20H15ClIN3O5. The number of nitrogens with one attached hydrogen (secondary N) is 1. The Labute approximate surface area is 191 Å². The second-order valence-electron chi connectivity index (χ2n) is 5.68. The number of rotatable bonds is 8. The van der Waals surface area contributed by atoms with Crippen LogP contribution < -0.4 is 14.8 Å². The maximum Gasteiger partial charge on any atom is 0.271 e. The Kier molecular flexibility index (Phi) is 8.20. The van der Waals surface area contributed by atoms with Crippen molar-refractivity contribution in [1.82, 2.24) is 0 Å². The Balaban J connectivity index is 2.35. The van der Waals surface area contributed by atoms with E-state index in [0.717, 1.165) is 6.07 Å². The van der Waals surface area contributed by atoms with Crippen LogP contribution in [0.4, 0.5) is 11.4 Å². The number of amides is 1. The van der Waals surface area contributed by atoms with Crippen molar-refractivity contribution in [3.63, 3.8) is 0 Å². The number of methoxy groups -OCH3 is 1. The molecule has 0 saturated carbocycles. The van der Waals surface area contributed by atoms with E-state index in [1.807, 2.05) is 6.07 Å². The van der Waals surface area contributed by atoms with E-state index in [-0.39, 0.29) is 28.6 Å². The third-order valence-corrected chi connectivity index (χ3v) is 4.81. The minimum Gasteiger partial charge on any atom is -0.493 e. The number of non-ortho nitro benzene ring substituents is 1. The summed E-state index contributed by atoms with van der Waals surface area (Å²) in [6.07, 6.45) is 2.96. The molecule has 154 valence electrons. The SMILES string of the molecule is C=CCOc1c(I)cc(/C=C(\C#N)C(=O)Nc2cc([N+](=O)[O-])ccc2Cl)cc1OC. The Hall–Kier alpha value is -3.10. The number of nitro groups is 1. The lowest BCUT2D eigenvalue weighted by molar-refractivity contribution is -0.384. The van der Waals surface area contributed by atoms with Crippen molar-refractivity contribution in [1.29, 1.82) is 5.26 Å². The van der Waals surface area contributed by atoms with Crippen LogP contribution in [-0.2, 0) is 4.79 Å². The minimum absolute atomic E-state index is 0.0253. The lowest BCUT2D eigenvalue weighted by atomic mass is 10.1. The van der Waals surface area contributed by atoms with Gasteiger partial charge in [0.1, 0.15) is 18.2 Å². The van der Waals surface area contributed by atoms with E-state index < -0.39 is 10.8 Å². The number of nitriles is 1. The first-order chi connectivity index (χ1) is 14.3. The van der Waals surface area contributed by atoms with E-state index in [1.165, 1.54) is 25.3 Å². The number of nitro benzene ring substituents is 1. The molecule has 0 fully saturated rings. The summed E-state index contributed by atoms with van der Waals surface area (Å²) in [6.45, 7) is 3.89. The quantitative estimate of drug-likeness (QED) is 0.126. The molecule has 0 radical (unpaired) electrons. The van der Waals surface area contributed by atoms with Gasteiger partial charge in [0.25, 0.3) is 11.6 Å². The van der Waals surface area contributed by atoms with E-state index >= 15 is 0 Å². The number of carbonyl (C=O) groups excluding carboxylic acids is 1. The normalized spacial score (nSPS) is 10.7. The fourth-order valence-electron chi connectivity index (χ4n) is 2.33. The van der Waals surface area contributed by atoms with Gasteiger partial charge in [-0.25, -0.2) is 0 Å². The van der Waals surface area contributed by atoms with Crippen LogP contribution in [0.25, 0.3) is 6.08 Å². The molecule has 0 aliphatic heterocycles. The first-order valence-electron chi connectivity index (χ1n) is 8.29. The molecular weight excluding hydrogens is 525 g/mol. The van der Waals surface area contributed by atoms with Gasteiger partial charge in [0.2, 0.25) is 0 Å². The molecule has 0 aliphatic rings. The third-order valence-electron chi connectivity index (χ3n) is 3.68. The van der Waals surface area contributed by atoms with Crippen molar-refractivity contribution in [2.75, 3.05) is 19.0 Å².